The van der Waals surface area contributed by atoms with Gasteiger partial charge in [-0.3, -0.25) is 4.90 Å². The Kier molecular flexibility index (Phi) is 4.38. The Morgan fingerprint density at radius 3 is 2.28 bits per heavy atom. The fourth-order valence-corrected chi connectivity index (χ4v) is 4.12. The highest BCUT2D eigenvalue weighted by atomic mass is 15.2. The molecule has 0 spiro atoms. The van der Waals surface area contributed by atoms with Crippen LogP contribution in [0, 0.1) is 11.3 Å². The van der Waals surface area contributed by atoms with E-state index in [1.54, 1.807) is 0 Å². The summed E-state index contributed by atoms with van der Waals surface area (Å²) in [6.45, 7) is 10.6. The van der Waals surface area contributed by atoms with Gasteiger partial charge in [-0.1, -0.05) is 33.6 Å². The number of nitrogens with two attached hydrogens (primary N) is 1. The first-order chi connectivity index (χ1) is 8.48. The second kappa shape index (κ2) is 5.50. The van der Waals surface area contributed by atoms with Crippen LogP contribution in [0.5, 0.6) is 0 Å². The number of hydrogen-bond acceptors (Lipinski definition) is 2. The Bertz CT molecular complexity index is 261. The lowest BCUT2D eigenvalue weighted by Gasteiger charge is -2.40. The van der Waals surface area contributed by atoms with Crippen molar-refractivity contribution < 1.29 is 0 Å². The number of hydrogen-bond donors (Lipinski definition) is 1. The molecule has 2 nitrogen and oxygen atoms in total. The van der Waals surface area contributed by atoms with Crippen LogP contribution in [0.4, 0.5) is 0 Å². The lowest BCUT2D eigenvalue weighted by molar-refractivity contribution is 0.0982. The maximum Gasteiger partial charge on any atom is 0.0331 e. The van der Waals surface area contributed by atoms with Gasteiger partial charge in [0.05, 0.1) is 0 Å². The number of rotatable bonds is 2. The van der Waals surface area contributed by atoms with Crippen molar-refractivity contribution in [1.29, 1.82) is 0 Å². The third kappa shape index (κ3) is 2.91. The molecule has 2 rings (SSSR count). The van der Waals surface area contributed by atoms with E-state index in [4.69, 9.17) is 5.73 Å². The van der Waals surface area contributed by atoms with Gasteiger partial charge in [-0.15, -0.1) is 0 Å². The quantitative estimate of drug-likeness (QED) is 0.816. The first-order valence-electron chi connectivity index (χ1n) is 7.93. The van der Waals surface area contributed by atoms with Gasteiger partial charge in [0.2, 0.25) is 0 Å². The van der Waals surface area contributed by atoms with Crippen molar-refractivity contribution >= 4 is 0 Å². The van der Waals surface area contributed by atoms with Crippen LogP contribution in [0.25, 0.3) is 0 Å². The molecule has 1 unspecified atom stereocenters. The van der Waals surface area contributed by atoms with Crippen molar-refractivity contribution in [3.05, 3.63) is 0 Å². The Morgan fingerprint density at radius 2 is 1.72 bits per heavy atom. The lowest BCUT2D eigenvalue weighted by atomic mass is 9.76. The van der Waals surface area contributed by atoms with Gasteiger partial charge in [0, 0.05) is 12.1 Å². The van der Waals surface area contributed by atoms with Crippen molar-refractivity contribution in [2.24, 2.45) is 17.1 Å². The predicted molar refractivity (Wildman–Crippen MR) is 78.6 cm³/mol. The monoisotopic (exact) mass is 252 g/mol. The molecule has 0 radical (unpaired) electrons. The van der Waals surface area contributed by atoms with Gasteiger partial charge in [-0.2, -0.15) is 0 Å². The van der Waals surface area contributed by atoms with Crippen molar-refractivity contribution in [3.8, 4) is 0 Å². The molecule has 1 atom stereocenters. The largest absolute Gasteiger partial charge is 0.329 e. The summed E-state index contributed by atoms with van der Waals surface area (Å²) in [6, 6.07) is 0. The van der Waals surface area contributed by atoms with E-state index in [1.165, 1.54) is 58.0 Å². The molecule has 1 saturated heterocycles. The van der Waals surface area contributed by atoms with Crippen LogP contribution in [0.15, 0.2) is 0 Å². The first-order valence-corrected chi connectivity index (χ1v) is 7.93. The fourth-order valence-electron chi connectivity index (χ4n) is 4.12. The van der Waals surface area contributed by atoms with E-state index in [9.17, 15) is 0 Å². The maximum atomic E-state index is 6.13. The molecule has 0 aromatic heterocycles. The van der Waals surface area contributed by atoms with Crippen LogP contribution >= 0.6 is 0 Å². The van der Waals surface area contributed by atoms with Gasteiger partial charge < -0.3 is 5.73 Å². The summed E-state index contributed by atoms with van der Waals surface area (Å²) < 4.78 is 0. The van der Waals surface area contributed by atoms with E-state index in [1.807, 2.05) is 0 Å². The number of nitrogens with zero attached hydrogens (tertiary/aromatic N) is 1. The minimum atomic E-state index is 0.368. The molecule has 0 bridgehead atoms. The Balaban J connectivity index is 2.00. The van der Waals surface area contributed by atoms with Gasteiger partial charge in [0.25, 0.3) is 0 Å². The molecule has 2 aliphatic rings. The summed E-state index contributed by atoms with van der Waals surface area (Å²) in [4.78, 5) is 2.76. The SMILES string of the molecule is CC(C)(C)C1CCCN(C2(CN)CCCC2)CC1. The minimum Gasteiger partial charge on any atom is -0.329 e. The lowest BCUT2D eigenvalue weighted by Crippen LogP contribution is -2.52. The molecule has 1 saturated carbocycles. The van der Waals surface area contributed by atoms with E-state index in [0.717, 1.165) is 12.5 Å². The van der Waals surface area contributed by atoms with Gasteiger partial charge >= 0.3 is 0 Å². The van der Waals surface area contributed by atoms with Crippen LogP contribution in [-0.4, -0.2) is 30.1 Å². The van der Waals surface area contributed by atoms with Gasteiger partial charge in [0.15, 0.2) is 0 Å². The number of likely N-dealkylation sites (tertiary alicyclic amines) is 1. The average Bonchev–Trinajstić information content (AvgIpc) is 2.65. The summed E-state index contributed by atoms with van der Waals surface area (Å²) in [5.41, 5.74) is 6.97. The van der Waals surface area contributed by atoms with E-state index >= 15 is 0 Å². The summed E-state index contributed by atoms with van der Waals surface area (Å²) >= 11 is 0. The van der Waals surface area contributed by atoms with Gasteiger partial charge in [-0.05, 0) is 56.5 Å². The molecule has 18 heavy (non-hydrogen) atoms. The molecular formula is C16H32N2. The van der Waals surface area contributed by atoms with Crippen LogP contribution < -0.4 is 5.73 Å². The van der Waals surface area contributed by atoms with Crippen molar-refractivity contribution in [3.63, 3.8) is 0 Å². The highest BCUT2D eigenvalue weighted by Crippen LogP contribution is 2.39. The minimum absolute atomic E-state index is 0.368. The summed E-state index contributed by atoms with van der Waals surface area (Å²) in [7, 11) is 0. The normalized spacial score (nSPS) is 30.3. The van der Waals surface area contributed by atoms with Gasteiger partial charge in [0.1, 0.15) is 0 Å². The zero-order valence-electron chi connectivity index (χ0n) is 12.7. The zero-order valence-corrected chi connectivity index (χ0v) is 12.7. The van der Waals surface area contributed by atoms with E-state index in [-0.39, 0.29) is 0 Å². The second-order valence-electron chi connectivity index (χ2n) is 7.62. The van der Waals surface area contributed by atoms with Gasteiger partial charge in [-0.25, -0.2) is 0 Å². The highest BCUT2D eigenvalue weighted by Gasteiger charge is 2.39. The molecule has 0 aromatic rings. The third-order valence-corrected chi connectivity index (χ3v) is 5.54. The molecule has 2 heteroatoms. The average molecular weight is 252 g/mol. The Hall–Kier alpha value is -0.0800. The van der Waals surface area contributed by atoms with E-state index < -0.39 is 0 Å². The van der Waals surface area contributed by atoms with Crippen LogP contribution in [0.2, 0.25) is 0 Å². The summed E-state index contributed by atoms with van der Waals surface area (Å²) in [5, 5.41) is 0. The Morgan fingerprint density at radius 1 is 1.06 bits per heavy atom. The maximum absolute atomic E-state index is 6.13. The Labute approximate surface area is 113 Å². The molecule has 1 heterocycles. The van der Waals surface area contributed by atoms with Crippen LogP contribution in [-0.2, 0) is 0 Å². The standard InChI is InChI=1S/C16H32N2/c1-15(2,3)14-7-6-11-18(12-8-14)16(13-17)9-4-5-10-16/h14H,4-13,17H2,1-3H3. The zero-order chi connectivity index (χ0) is 13.2. The van der Waals surface area contributed by atoms with Crippen LogP contribution in [0.1, 0.15) is 65.7 Å². The molecule has 0 aromatic carbocycles. The molecule has 0 amide bonds. The van der Waals surface area contributed by atoms with Crippen molar-refractivity contribution in [2.45, 2.75) is 71.3 Å². The van der Waals surface area contributed by atoms with Crippen molar-refractivity contribution in [2.75, 3.05) is 19.6 Å². The highest BCUT2D eigenvalue weighted by molar-refractivity contribution is 4.97. The molecule has 2 fully saturated rings. The molecule has 2 N–H and O–H groups in total. The topological polar surface area (TPSA) is 29.3 Å². The van der Waals surface area contributed by atoms with E-state index in [0.29, 0.717) is 11.0 Å². The molecular weight excluding hydrogens is 220 g/mol. The van der Waals surface area contributed by atoms with Crippen LogP contribution in [0.3, 0.4) is 0 Å². The van der Waals surface area contributed by atoms with Crippen molar-refractivity contribution in [1.82, 2.24) is 4.90 Å². The smallest absolute Gasteiger partial charge is 0.0331 e. The second-order valence-corrected chi connectivity index (χ2v) is 7.62. The van der Waals surface area contributed by atoms with E-state index in [2.05, 4.69) is 25.7 Å². The fraction of sp³-hybridized carbons (Fsp3) is 1.00. The first kappa shape index (κ1) is 14.3. The third-order valence-electron chi connectivity index (χ3n) is 5.54. The predicted octanol–water partition coefficient (Wildman–Crippen LogP) is 3.41. The molecule has 1 aliphatic carbocycles. The molecule has 1 aliphatic heterocycles. The molecule has 106 valence electrons. The summed E-state index contributed by atoms with van der Waals surface area (Å²) in [5.74, 6) is 0.888. The summed E-state index contributed by atoms with van der Waals surface area (Å²) in [6.07, 6.45) is 9.58.